The molecule has 1 radical (unpaired) electrons. The van der Waals surface area contributed by atoms with Gasteiger partial charge in [-0.1, -0.05) is 42.5 Å². The first-order valence-corrected chi connectivity index (χ1v) is 7.41. The minimum absolute atomic E-state index is 0.278. The van der Waals surface area contributed by atoms with E-state index in [2.05, 4.69) is 78.1 Å². The average Bonchev–Trinajstić information content (AvgIpc) is 2.83. The Morgan fingerprint density at radius 1 is 0.950 bits per heavy atom. The first-order valence-electron chi connectivity index (χ1n) is 6.87. The quantitative estimate of drug-likeness (QED) is 0.767. The SMILES string of the molecule is CN1[CH]N([C@H](CCCl)c2ccccc2)c2ccccc21. The zero-order valence-electron chi connectivity index (χ0n) is 11.5. The molecule has 20 heavy (non-hydrogen) atoms. The molecule has 1 heterocycles. The summed E-state index contributed by atoms with van der Waals surface area (Å²) in [5.74, 6) is 0.649. The second-order valence-corrected chi connectivity index (χ2v) is 5.40. The number of fused-ring (bicyclic) bond motifs is 1. The fourth-order valence-corrected chi connectivity index (χ4v) is 2.99. The van der Waals surface area contributed by atoms with Crippen molar-refractivity contribution in [3.8, 4) is 0 Å². The monoisotopic (exact) mass is 285 g/mol. The van der Waals surface area contributed by atoms with Crippen molar-refractivity contribution in [2.75, 3.05) is 22.7 Å². The first kappa shape index (κ1) is 13.3. The molecule has 1 aliphatic rings. The van der Waals surface area contributed by atoms with E-state index in [4.69, 9.17) is 11.6 Å². The van der Waals surface area contributed by atoms with Crippen LogP contribution in [0.4, 0.5) is 11.4 Å². The van der Waals surface area contributed by atoms with E-state index in [0.29, 0.717) is 5.88 Å². The summed E-state index contributed by atoms with van der Waals surface area (Å²) in [5.41, 5.74) is 3.78. The van der Waals surface area contributed by atoms with Gasteiger partial charge in [0, 0.05) is 12.9 Å². The molecule has 0 aliphatic carbocycles. The summed E-state index contributed by atoms with van der Waals surface area (Å²) in [6, 6.07) is 19.3. The molecule has 2 aromatic carbocycles. The van der Waals surface area contributed by atoms with Gasteiger partial charge >= 0.3 is 0 Å². The van der Waals surface area contributed by atoms with Crippen molar-refractivity contribution in [3.63, 3.8) is 0 Å². The molecule has 103 valence electrons. The first-order chi connectivity index (χ1) is 9.81. The number of hydrogen-bond donors (Lipinski definition) is 0. The highest BCUT2D eigenvalue weighted by atomic mass is 35.5. The third-order valence-electron chi connectivity index (χ3n) is 3.74. The third-order valence-corrected chi connectivity index (χ3v) is 3.96. The molecule has 2 aromatic rings. The Bertz CT molecular complexity index is 570. The number of anilines is 2. The minimum Gasteiger partial charge on any atom is -0.349 e. The molecule has 0 fully saturated rings. The normalized spacial score (nSPS) is 15.3. The van der Waals surface area contributed by atoms with Crippen LogP contribution in [0.15, 0.2) is 54.6 Å². The maximum absolute atomic E-state index is 6.03. The highest BCUT2D eigenvalue weighted by Gasteiger charge is 2.29. The Kier molecular flexibility index (Phi) is 3.83. The van der Waals surface area contributed by atoms with Crippen molar-refractivity contribution < 1.29 is 0 Å². The summed E-state index contributed by atoms with van der Waals surface area (Å²) in [7, 11) is 2.08. The van der Waals surface area contributed by atoms with E-state index in [9.17, 15) is 0 Å². The number of hydrogen-bond acceptors (Lipinski definition) is 2. The van der Waals surface area contributed by atoms with Gasteiger partial charge in [-0.3, -0.25) is 0 Å². The molecule has 0 aromatic heterocycles. The molecular formula is C17H18ClN2. The van der Waals surface area contributed by atoms with Gasteiger partial charge in [0.1, 0.15) is 6.67 Å². The Morgan fingerprint density at radius 2 is 1.60 bits per heavy atom. The second-order valence-electron chi connectivity index (χ2n) is 5.03. The lowest BCUT2D eigenvalue weighted by atomic mass is 10.0. The standard InChI is InChI=1S/C17H18ClN2/c1-19-13-20(17-10-6-5-9-16(17)19)15(11-12-18)14-7-3-2-4-8-14/h2-10,13,15H,11-12H2,1H3/t15-/m1/s1. The fourth-order valence-electron chi connectivity index (χ4n) is 2.79. The summed E-state index contributed by atoms with van der Waals surface area (Å²) >= 11 is 6.03. The number of halogens is 1. The van der Waals surface area contributed by atoms with E-state index in [-0.39, 0.29) is 6.04 Å². The number of benzene rings is 2. The van der Waals surface area contributed by atoms with Gasteiger partial charge < -0.3 is 9.80 Å². The minimum atomic E-state index is 0.278. The number of para-hydroxylation sites is 2. The van der Waals surface area contributed by atoms with Gasteiger partial charge in [0.2, 0.25) is 0 Å². The largest absolute Gasteiger partial charge is 0.349 e. The van der Waals surface area contributed by atoms with Crippen LogP contribution in [0.25, 0.3) is 0 Å². The average molecular weight is 286 g/mol. The van der Waals surface area contributed by atoms with Crippen LogP contribution in [0.2, 0.25) is 0 Å². The van der Waals surface area contributed by atoms with Crippen LogP contribution in [-0.2, 0) is 0 Å². The lowest BCUT2D eigenvalue weighted by Gasteiger charge is -2.29. The maximum Gasteiger partial charge on any atom is 0.142 e. The lowest BCUT2D eigenvalue weighted by Crippen LogP contribution is -2.27. The van der Waals surface area contributed by atoms with E-state index in [0.717, 1.165) is 6.42 Å². The second kappa shape index (κ2) is 5.76. The molecular weight excluding hydrogens is 268 g/mol. The van der Waals surface area contributed by atoms with E-state index in [1.165, 1.54) is 16.9 Å². The van der Waals surface area contributed by atoms with Gasteiger partial charge in [-0.05, 0) is 24.1 Å². The van der Waals surface area contributed by atoms with E-state index >= 15 is 0 Å². The van der Waals surface area contributed by atoms with Crippen LogP contribution in [-0.4, -0.2) is 12.9 Å². The maximum atomic E-state index is 6.03. The highest BCUT2D eigenvalue weighted by molar-refractivity contribution is 6.17. The van der Waals surface area contributed by atoms with Gasteiger partial charge in [-0.25, -0.2) is 0 Å². The molecule has 0 bridgehead atoms. The Morgan fingerprint density at radius 3 is 2.30 bits per heavy atom. The van der Waals surface area contributed by atoms with Gasteiger partial charge in [0.05, 0.1) is 17.4 Å². The molecule has 2 nitrogen and oxygen atoms in total. The molecule has 0 N–H and O–H groups in total. The Balaban J connectivity index is 1.98. The number of alkyl halides is 1. The molecule has 0 saturated carbocycles. The zero-order chi connectivity index (χ0) is 13.9. The van der Waals surface area contributed by atoms with Crippen LogP contribution in [0, 0.1) is 6.67 Å². The van der Waals surface area contributed by atoms with Crippen molar-refractivity contribution in [1.82, 2.24) is 0 Å². The molecule has 1 aliphatic heterocycles. The molecule has 3 rings (SSSR count). The van der Waals surface area contributed by atoms with Crippen LogP contribution in [0.3, 0.4) is 0 Å². The van der Waals surface area contributed by atoms with Gasteiger partial charge in [-0.2, -0.15) is 0 Å². The lowest BCUT2D eigenvalue weighted by molar-refractivity contribution is 0.653. The summed E-state index contributed by atoms with van der Waals surface area (Å²) < 4.78 is 0. The molecule has 0 saturated heterocycles. The Labute approximate surface area is 125 Å². The smallest absolute Gasteiger partial charge is 0.142 e. The van der Waals surface area contributed by atoms with Crippen molar-refractivity contribution >= 4 is 23.0 Å². The summed E-state index contributed by atoms with van der Waals surface area (Å²) in [6.45, 7) is 2.16. The van der Waals surface area contributed by atoms with E-state index in [1.54, 1.807) is 0 Å². The summed E-state index contributed by atoms with van der Waals surface area (Å²) in [6.07, 6.45) is 0.921. The zero-order valence-corrected chi connectivity index (χ0v) is 12.3. The van der Waals surface area contributed by atoms with Gasteiger partial charge in [-0.15, -0.1) is 11.6 Å². The predicted octanol–water partition coefficient (Wildman–Crippen LogP) is 4.43. The number of rotatable bonds is 4. The van der Waals surface area contributed by atoms with E-state index in [1.807, 2.05) is 0 Å². The van der Waals surface area contributed by atoms with Crippen molar-refractivity contribution in [1.29, 1.82) is 0 Å². The summed E-state index contributed by atoms with van der Waals surface area (Å²) in [4.78, 5) is 4.49. The third kappa shape index (κ3) is 2.36. The molecule has 0 unspecified atom stereocenters. The van der Waals surface area contributed by atoms with Crippen molar-refractivity contribution in [2.45, 2.75) is 12.5 Å². The highest BCUT2D eigenvalue weighted by Crippen LogP contribution is 2.42. The molecule has 1 atom stereocenters. The fraction of sp³-hybridized carbons (Fsp3) is 0.235. The van der Waals surface area contributed by atoms with Crippen LogP contribution < -0.4 is 9.80 Å². The summed E-state index contributed by atoms with van der Waals surface area (Å²) in [5, 5.41) is 0. The van der Waals surface area contributed by atoms with Crippen LogP contribution >= 0.6 is 11.6 Å². The van der Waals surface area contributed by atoms with Gasteiger partial charge in [0.25, 0.3) is 0 Å². The molecule has 0 amide bonds. The van der Waals surface area contributed by atoms with Crippen LogP contribution in [0.5, 0.6) is 0 Å². The number of nitrogens with zero attached hydrogens (tertiary/aromatic N) is 2. The molecule has 3 heteroatoms. The Hall–Kier alpha value is -1.67. The topological polar surface area (TPSA) is 6.48 Å². The predicted molar refractivity (Wildman–Crippen MR) is 86.1 cm³/mol. The van der Waals surface area contributed by atoms with Gasteiger partial charge in [0.15, 0.2) is 0 Å². The van der Waals surface area contributed by atoms with Crippen molar-refractivity contribution in [2.24, 2.45) is 0 Å². The molecule has 0 spiro atoms. The van der Waals surface area contributed by atoms with Crippen LogP contribution in [0.1, 0.15) is 18.0 Å². The van der Waals surface area contributed by atoms with E-state index < -0.39 is 0 Å². The van der Waals surface area contributed by atoms with Crippen molar-refractivity contribution in [3.05, 3.63) is 66.8 Å².